The van der Waals surface area contributed by atoms with Crippen molar-refractivity contribution in [3.8, 4) is 0 Å². The number of amides is 1. The largest absolute Gasteiger partial charge is 0.501 e. The van der Waals surface area contributed by atoms with Crippen molar-refractivity contribution in [1.82, 2.24) is 4.90 Å². The topological polar surface area (TPSA) is 29.5 Å². The van der Waals surface area contributed by atoms with Crippen LogP contribution in [0.25, 0.3) is 0 Å². The van der Waals surface area contributed by atoms with Crippen molar-refractivity contribution in [1.29, 1.82) is 0 Å². The second kappa shape index (κ2) is 5.27. The van der Waals surface area contributed by atoms with E-state index in [-0.39, 0.29) is 17.8 Å². The van der Waals surface area contributed by atoms with Gasteiger partial charge in [0.2, 0.25) is 0 Å². The highest BCUT2D eigenvalue weighted by molar-refractivity contribution is 5.93. The van der Waals surface area contributed by atoms with Gasteiger partial charge in [-0.05, 0) is 49.4 Å². The summed E-state index contributed by atoms with van der Waals surface area (Å²) >= 11 is 0. The van der Waals surface area contributed by atoms with Gasteiger partial charge < -0.3 is 9.64 Å². The lowest BCUT2D eigenvalue weighted by molar-refractivity contribution is -0.130. The molecule has 2 aliphatic heterocycles. The minimum atomic E-state index is -0.245. The summed E-state index contributed by atoms with van der Waals surface area (Å²) in [4.78, 5) is 14.4. The van der Waals surface area contributed by atoms with Crippen LogP contribution in [0, 0.1) is 5.82 Å². The van der Waals surface area contributed by atoms with Crippen LogP contribution in [0.15, 0.2) is 30.0 Å². The molecule has 1 unspecified atom stereocenters. The van der Waals surface area contributed by atoms with Crippen LogP contribution >= 0.6 is 0 Å². The predicted molar refractivity (Wildman–Crippen MR) is 73.5 cm³/mol. The lowest BCUT2D eigenvalue weighted by Crippen LogP contribution is -2.40. The average molecular weight is 275 g/mol. The maximum absolute atomic E-state index is 13.4. The lowest BCUT2D eigenvalue weighted by atomic mass is 9.92. The monoisotopic (exact) mass is 275 g/mol. The Kier molecular flexibility index (Phi) is 3.47. The van der Waals surface area contributed by atoms with Gasteiger partial charge >= 0.3 is 0 Å². The quantitative estimate of drug-likeness (QED) is 0.788. The lowest BCUT2D eigenvalue weighted by Gasteiger charge is -2.36. The second-order valence-electron chi connectivity index (χ2n) is 5.39. The fourth-order valence-corrected chi connectivity index (χ4v) is 2.97. The van der Waals surface area contributed by atoms with E-state index in [0.717, 1.165) is 36.0 Å². The molecule has 0 radical (unpaired) electrons. The Labute approximate surface area is 118 Å². The van der Waals surface area contributed by atoms with Crippen molar-refractivity contribution in [3.05, 3.63) is 47.0 Å². The molecule has 0 aliphatic carbocycles. The number of halogens is 1. The van der Waals surface area contributed by atoms with E-state index in [1.807, 2.05) is 17.9 Å². The summed E-state index contributed by atoms with van der Waals surface area (Å²) < 4.78 is 18.7. The number of carbonyl (C=O) groups excluding carboxylic acids is 1. The van der Waals surface area contributed by atoms with Crippen LogP contribution in [-0.4, -0.2) is 24.0 Å². The Hall–Kier alpha value is -1.84. The van der Waals surface area contributed by atoms with E-state index < -0.39 is 0 Å². The molecule has 3 nitrogen and oxygen atoms in total. The molecule has 2 heterocycles. The van der Waals surface area contributed by atoms with Crippen molar-refractivity contribution < 1.29 is 13.9 Å². The molecule has 1 aromatic carbocycles. The number of nitrogens with zero attached hydrogens (tertiary/aromatic N) is 1. The van der Waals surface area contributed by atoms with Crippen LogP contribution < -0.4 is 0 Å². The van der Waals surface area contributed by atoms with Crippen LogP contribution in [0.2, 0.25) is 0 Å². The molecular formula is C16H18FNO2. The highest BCUT2D eigenvalue weighted by Crippen LogP contribution is 2.31. The fourth-order valence-electron chi connectivity index (χ4n) is 2.97. The summed E-state index contributed by atoms with van der Waals surface area (Å²) in [6.07, 6.45) is 4.00. The van der Waals surface area contributed by atoms with Crippen molar-refractivity contribution in [3.63, 3.8) is 0 Å². The van der Waals surface area contributed by atoms with Crippen LogP contribution in [0.3, 0.4) is 0 Å². The summed E-state index contributed by atoms with van der Waals surface area (Å²) in [5.41, 5.74) is 2.78. The van der Waals surface area contributed by atoms with Crippen molar-refractivity contribution in [2.24, 2.45) is 0 Å². The van der Waals surface area contributed by atoms with Crippen LogP contribution in [0.4, 0.5) is 4.39 Å². The molecular weight excluding hydrogens is 257 g/mol. The summed E-state index contributed by atoms with van der Waals surface area (Å²) in [7, 11) is 0. The van der Waals surface area contributed by atoms with Crippen molar-refractivity contribution in [2.75, 3.05) is 13.2 Å². The van der Waals surface area contributed by atoms with E-state index in [2.05, 4.69) is 0 Å². The van der Waals surface area contributed by atoms with Gasteiger partial charge in [-0.25, -0.2) is 4.39 Å². The van der Waals surface area contributed by atoms with E-state index in [4.69, 9.17) is 4.74 Å². The molecule has 0 aromatic heterocycles. The molecule has 2 aliphatic rings. The predicted octanol–water partition coefficient (Wildman–Crippen LogP) is 2.97. The Morgan fingerprint density at radius 1 is 1.40 bits per heavy atom. The third-order valence-electron chi connectivity index (χ3n) is 4.12. The van der Waals surface area contributed by atoms with Gasteiger partial charge in [0.25, 0.3) is 5.91 Å². The highest BCUT2D eigenvalue weighted by Gasteiger charge is 2.30. The molecule has 0 saturated carbocycles. The maximum Gasteiger partial charge on any atom is 0.253 e. The molecule has 3 rings (SSSR count). The number of benzene rings is 1. The highest BCUT2D eigenvalue weighted by atomic mass is 19.1. The van der Waals surface area contributed by atoms with Crippen LogP contribution in [0.5, 0.6) is 0 Å². The average Bonchev–Trinajstić information content (AvgIpc) is 2.48. The first-order chi connectivity index (χ1) is 9.66. The summed E-state index contributed by atoms with van der Waals surface area (Å²) in [6.45, 7) is 3.32. The number of hydrogen-bond donors (Lipinski definition) is 0. The van der Waals surface area contributed by atoms with Gasteiger partial charge in [0.15, 0.2) is 0 Å². The van der Waals surface area contributed by atoms with Crippen molar-refractivity contribution in [2.45, 2.75) is 32.2 Å². The Morgan fingerprint density at radius 2 is 2.25 bits per heavy atom. The summed E-state index contributed by atoms with van der Waals surface area (Å²) in [6, 6.07) is 4.77. The molecule has 0 bridgehead atoms. The third kappa shape index (κ3) is 2.30. The zero-order valence-electron chi connectivity index (χ0n) is 11.6. The van der Waals surface area contributed by atoms with Gasteiger partial charge in [-0.3, -0.25) is 4.79 Å². The Morgan fingerprint density at radius 3 is 3.00 bits per heavy atom. The van der Waals surface area contributed by atoms with E-state index in [1.165, 1.54) is 6.07 Å². The number of hydrogen-bond acceptors (Lipinski definition) is 2. The smallest absolute Gasteiger partial charge is 0.253 e. The summed E-state index contributed by atoms with van der Waals surface area (Å²) in [5, 5.41) is 0. The zero-order chi connectivity index (χ0) is 14.1. The van der Waals surface area contributed by atoms with Crippen molar-refractivity contribution >= 4 is 5.91 Å². The molecule has 0 spiro atoms. The van der Waals surface area contributed by atoms with Gasteiger partial charge in [-0.1, -0.05) is 6.07 Å². The molecule has 20 heavy (non-hydrogen) atoms. The minimum absolute atomic E-state index is 0.0205. The number of rotatable bonds is 1. The molecule has 0 N–H and O–H groups in total. The van der Waals surface area contributed by atoms with Gasteiger partial charge in [0.1, 0.15) is 5.82 Å². The van der Waals surface area contributed by atoms with Crippen LogP contribution in [0.1, 0.15) is 36.9 Å². The maximum atomic E-state index is 13.4. The molecule has 0 fully saturated rings. The number of fused-ring (bicyclic) bond motifs is 1. The van der Waals surface area contributed by atoms with Crippen LogP contribution in [-0.2, 0) is 16.0 Å². The number of carbonyl (C=O) groups is 1. The zero-order valence-corrected chi connectivity index (χ0v) is 11.6. The van der Waals surface area contributed by atoms with Gasteiger partial charge in [-0.15, -0.1) is 0 Å². The first-order valence-corrected chi connectivity index (χ1v) is 7.07. The van der Waals surface area contributed by atoms with E-state index >= 15 is 0 Å². The molecule has 4 heteroatoms. The molecule has 1 atom stereocenters. The Bertz CT molecular complexity index is 568. The minimum Gasteiger partial charge on any atom is -0.501 e. The first-order valence-electron chi connectivity index (χ1n) is 7.07. The molecule has 1 amide bonds. The first kappa shape index (κ1) is 13.2. The van der Waals surface area contributed by atoms with E-state index in [1.54, 1.807) is 12.3 Å². The summed E-state index contributed by atoms with van der Waals surface area (Å²) in [5.74, 6) is -0.225. The SMILES string of the molecule is CC1c2cc(F)ccc2CCN1C(=O)C1=COCCC1. The van der Waals surface area contributed by atoms with E-state index in [9.17, 15) is 9.18 Å². The van der Waals surface area contributed by atoms with Gasteiger partial charge in [-0.2, -0.15) is 0 Å². The Balaban J connectivity index is 1.86. The molecule has 1 aromatic rings. The normalized spacial score (nSPS) is 21.8. The third-order valence-corrected chi connectivity index (χ3v) is 4.12. The second-order valence-corrected chi connectivity index (χ2v) is 5.39. The number of ether oxygens (including phenoxy) is 1. The van der Waals surface area contributed by atoms with E-state index in [0.29, 0.717) is 13.2 Å². The molecule has 106 valence electrons. The standard InChI is InChI=1S/C16H18FNO2/c1-11-15-9-14(17)5-4-12(15)6-7-18(11)16(19)13-3-2-8-20-10-13/h4-5,9-11H,2-3,6-8H2,1H3. The fraction of sp³-hybridized carbons (Fsp3) is 0.438. The van der Waals surface area contributed by atoms with Gasteiger partial charge in [0, 0.05) is 6.54 Å². The van der Waals surface area contributed by atoms with Gasteiger partial charge in [0.05, 0.1) is 24.5 Å². The molecule has 0 saturated heterocycles.